The first kappa shape index (κ1) is 22.3. The Morgan fingerprint density at radius 1 is 1.06 bits per heavy atom. The second kappa shape index (κ2) is 9.02. The van der Waals surface area contributed by atoms with Crippen molar-refractivity contribution in [2.75, 3.05) is 10.6 Å². The monoisotopic (exact) mass is 476 g/mol. The predicted molar refractivity (Wildman–Crippen MR) is 124 cm³/mol. The van der Waals surface area contributed by atoms with Crippen LogP contribution in [0.15, 0.2) is 18.3 Å². The van der Waals surface area contributed by atoms with E-state index in [0.29, 0.717) is 35.4 Å². The van der Waals surface area contributed by atoms with E-state index < -0.39 is 11.6 Å². The molecule has 0 saturated heterocycles. The maximum atomic E-state index is 14.5. The minimum atomic E-state index is -0.788. The Morgan fingerprint density at radius 3 is 2.45 bits per heavy atom. The Bertz CT molecular complexity index is 1140. The van der Waals surface area contributed by atoms with Gasteiger partial charge in [-0.15, -0.1) is 0 Å². The van der Waals surface area contributed by atoms with Gasteiger partial charge in [0.25, 0.3) is 0 Å². The summed E-state index contributed by atoms with van der Waals surface area (Å²) in [4.78, 5) is 13.7. The third-order valence-electron chi connectivity index (χ3n) is 6.77. The van der Waals surface area contributed by atoms with E-state index in [1.165, 1.54) is 0 Å². The van der Waals surface area contributed by atoms with E-state index in [2.05, 4.69) is 27.5 Å². The molecule has 2 atom stereocenters. The minimum Gasteiger partial charge on any atom is -0.393 e. The van der Waals surface area contributed by atoms with Crippen molar-refractivity contribution in [3.8, 4) is 0 Å². The SMILES string of the molecule is CC1CCC(n2c(Nc3c(F)cc(Cl)cc3F)nc3cnc(N[C@H]4CC[C@H](O)C4)nc32)CC1. The molecule has 10 heteroatoms. The normalized spacial score (nSPS) is 25.5. The van der Waals surface area contributed by atoms with E-state index in [-0.39, 0.29) is 28.9 Å². The van der Waals surface area contributed by atoms with Crippen LogP contribution in [0, 0.1) is 17.6 Å². The Morgan fingerprint density at radius 2 is 1.79 bits per heavy atom. The molecular weight excluding hydrogens is 450 g/mol. The molecule has 2 aliphatic carbocycles. The highest BCUT2D eigenvalue weighted by molar-refractivity contribution is 6.30. The molecule has 0 bridgehead atoms. The standard InChI is InChI=1S/C23H27ClF2N6O/c1-12-2-5-15(6-3-12)32-21-19(11-27-22(31-21)28-14-4-7-16(33)10-14)29-23(32)30-20-17(25)8-13(24)9-18(20)26/h8-9,11-12,14-16,33H,2-7,10H2,1H3,(H,29,30)(H,27,28,31)/t12?,14-,15?,16-/m0/s1. The van der Waals surface area contributed by atoms with Crippen LogP contribution in [0.2, 0.25) is 5.02 Å². The number of hydrogen-bond donors (Lipinski definition) is 3. The summed E-state index contributed by atoms with van der Waals surface area (Å²) in [5, 5.41) is 16.0. The van der Waals surface area contributed by atoms with Gasteiger partial charge in [0, 0.05) is 17.1 Å². The second-order valence-electron chi connectivity index (χ2n) is 9.30. The predicted octanol–water partition coefficient (Wildman–Crippen LogP) is 5.58. The summed E-state index contributed by atoms with van der Waals surface area (Å²) in [6.45, 7) is 2.24. The van der Waals surface area contributed by atoms with E-state index in [0.717, 1.165) is 50.7 Å². The Kier molecular flexibility index (Phi) is 6.09. The number of nitrogens with one attached hydrogen (secondary N) is 2. The molecule has 0 aliphatic heterocycles. The number of rotatable bonds is 5. The second-order valence-corrected chi connectivity index (χ2v) is 9.74. The van der Waals surface area contributed by atoms with Gasteiger partial charge in [0.1, 0.15) is 11.2 Å². The number of aliphatic hydroxyl groups is 1. The van der Waals surface area contributed by atoms with Crippen LogP contribution in [-0.4, -0.2) is 36.8 Å². The zero-order valence-corrected chi connectivity index (χ0v) is 19.1. The van der Waals surface area contributed by atoms with Gasteiger partial charge in [-0.2, -0.15) is 4.98 Å². The summed E-state index contributed by atoms with van der Waals surface area (Å²) >= 11 is 5.78. The van der Waals surface area contributed by atoms with Crippen LogP contribution < -0.4 is 10.6 Å². The van der Waals surface area contributed by atoms with Crippen molar-refractivity contribution < 1.29 is 13.9 Å². The average molecular weight is 477 g/mol. The number of aliphatic hydroxyl groups excluding tert-OH is 1. The van der Waals surface area contributed by atoms with Gasteiger partial charge >= 0.3 is 0 Å². The molecule has 33 heavy (non-hydrogen) atoms. The summed E-state index contributed by atoms with van der Waals surface area (Å²) in [6.07, 6.45) is 7.55. The van der Waals surface area contributed by atoms with Gasteiger partial charge in [0.05, 0.1) is 12.3 Å². The molecule has 3 aromatic rings. The summed E-state index contributed by atoms with van der Waals surface area (Å²) in [6, 6.07) is 2.35. The minimum absolute atomic E-state index is 0.0102. The average Bonchev–Trinajstić information content (AvgIpc) is 3.34. The van der Waals surface area contributed by atoms with E-state index in [1.807, 2.05) is 4.57 Å². The fraction of sp³-hybridized carbons (Fsp3) is 0.522. The van der Waals surface area contributed by atoms with Crippen LogP contribution in [0.25, 0.3) is 11.2 Å². The van der Waals surface area contributed by atoms with E-state index in [4.69, 9.17) is 16.6 Å². The lowest BCUT2D eigenvalue weighted by Gasteiger charge is -2.28. The Hall–Kier alpha value is -2.52. The highest BCUT2D eigenvalue weighted by Gasteiger charge is 2.27. The zero-order chi connectivity index (χ0) is 23.1. The lowest BCUT2D eigenvalue weighted by atomic mass is 9.87. The number of anilines is 3. The van der Waals surface area contributed by atoms with Crippen molar-refractivity contribution in [2.45, 2.75) is 70.1 Å². The number of fused-ring (bicyclic) bond motifs is 1. The molecule has 2 heterocycles. The van der Waals surface area contributed by atoms with E-state index in [1.54, 1.807) is 6.20 Å². The summed E-state index contributed by atoms with van der Waals surface area (Å²) in [7, 11) is 0. The highest BCUT2D eigenvalue weighted by Crippen LogP contribution is 2.37. The first-order valence-corrected chi connectivity index (χ1v) is 11.9. The highest BCUT2D eigenvalue weighted by atomic mass is 35.5. The van der Waals surface area contributed by atoms with E-state index >= 15 is 0 Å². The third kappa shape index (κ3) is 4.61. The van der Waals surface area contributed by atoms with Crippen molar-refractivity contribution in [2.24, 2.45) is 5.92 Å². The molecule has 1 aromatic carbocycles. The Balaban J connectivity index is 1.54. The fourth-order valence-corrected chi connectivity index (χ4v) is 5.13. The van der Waals surface area contributed by atoms with Crippen molar-refractivity contribution in [1.82, 2.24) is 19.5 Å². The van der Waals surface area contributed by atoms with Gasteiger partial charge in [-0.1, -0.05) is 18.5 Å². The smallest absolute Gasteiger partial charge is 0.224 e. The molecule has 2 aliphatic rings. The first-order valence-electron chi connectivity index (χ1n) is 11.5. The largest absolute Gasteiger partial charge is 0.393 e. The molecule has 0 unspecified atom stereocenters. The molecular formula is C23H27ClF2N6O. The summed E-state index contributed by atoms with van der Waals surface area (Å²) < 4.78 is 31.0. The molecule has 7 nitrogen and oxygen atoms in total. The molecule has 0 amide bonds. The van der Waals surface area contributed by atoms with Gasteiger partial charge in [-0.25, -0.2) is 18.7 Å². The van der Waals surface area contributed by atoms with Crippen LogP contribution >= 0.6 is 11.6 Å². The first-order chi connectivity index (χ1) is 15.9. The maximum Gasteiger partial charge on any atom is 0.224 e. The maximum absolute atomic E-state index is 14.5. The molecule has 5 rings (SSSR count). The summed E-state index contributed by atoms with van der Waals surface area (Å²) in [5.74, 6) is -0.151. The van der Waals surface area contributed by atoms with E-state index in [9.17, 15) is 13.9 Å². The number of benzene rings is 1. The van der Waals surface area contributed by atoms with Crippen LogP contribution in [0.1, 0.15) is 57.9 Å². The number of imidazole rings is 1. The molecule has 2 aromatic heterocycles. The van der Waals surface area contributed by atoms with Crippen LogP contribution in [0.5, 0.6) is 0 Å². The molecule has 3 N–H and O–H groups in total. The van der Waals surface area contributed by atoms with Gasteiger partial charge in [0.15, 0.2) is 17.3 Å². The summed E-state index contributed by atoms with van der Waals surface area (Å²) in [5.41, 5.74) is 0.858. The fourth-order valence-electron chi connectivity index (χ4n) is 4.94. The van der Waals surface area contributed by atoms with Gasteiger partial charge < -0.3 is 15.7 Å². The van der Waals surface area contributed by atoms with Crippen LogP contribution in [0.3, 0.4) is 0 Å². The quantitative estimate of drug-likeness (QED) is 0.445. The van der Waals surface area contributed by atoms with Crippen molar-refractivity contribution in [3.63, 3.8) is 0 Å². The lowest BCUT2D eigenvalue weighted by Crippen LogP contribution is -2.20. The van der Waals surface area contributed by atoms with Gasteiger partial charge in [-0.05, 0) is 63.0 Å². The number of nitrogens with zero attached hydrogens (tertiary/aromatic N) is 4. The Labute approximate surface area is 195 Å². The number of aromatic nitrogens is 4. The third-order valence-corrected chi connectivity index (χ3v) is 6.98. The van der Waals surface area contributed by atoms with Crippen molar-refractivity contribution in [3.05, 3.63) is 35.0 Å². The van der Waals surface area contributed by atoms with Crippen LogP contribution in [-0.2, 0) is 0 Å². The molecule has 2 saturated carbocycles. The number of halogens is 3. The van der Waals surface area contributed by atoms with Crippen LogP contribution in [0.4, 0.5) is 26.4 Å². The molecule has 176 valence electrons. The van der Waals surface area contributed by atoms with Crippen molar-refractivity contribution >= 4 is 40.3 Å². The molecule has 0 spiro atoms. The lowest BCUT2D eigenvalue weighted by molar-refractivity contribution is 0.182. The van der Waals surface area contributed by atoms with Gasteiger partial charge in [0.2, 0.25) is 11.9 Å². The van der Waals surface area contributed by atoms with Crippen molar-refractivity contribution in [1.29, 1.82) is 0 Å². The molecule has 2 fully saturated rings. The zero-order valence-electron chi connectivity index (χ0n) is 18.4. The molecule has 0 radical (unpaired) electrons. The topological polar surface area (TPSA) is 87.9 Å². The van der Waals surface area contributed by atoms with Gasteiger partial charge in [-0.3, -0.25) is 4.57 Å². The number of hydrogen-bond acceptors (Lipinski definition) is 6.